The molecule has 3 N–H and O–H groups in total. The number of benzene rings is 2. The number of nitrogens with zero attached hydrogens (tertiary/aromatic N) is 4. The molecule has 0 saturated carbocycles. The van der Waals surface area contributed by atoms with Crippen LogP contribution in [0.15, 0.2) is 56.7 Å². The van der Waals surface area contributed by atoms with Crippen LogP contribution in [0.4, 0.5) is 5.95 Å². The van der Waals surface area contributed by atoms with E-state index in [1.54, 1.807) is 0 Å². The molecule has 1 aromatic carbocycles. The van der Waals surface area contributed by atoms with Gasteiger partial charge >= 0.3 is 7.82 Å². The summed E-state index contributed by atoms with van der Waals surface area (Å²) in [6, 6.07) is 7.25. The highest BCUT2D eigenvalue weighted by molar-refractivity contribution is 7.65. The van der Waals surface area contributed by atoms with Crippen LogP contribution in [0, 0.1) is 0 Å². The Morgan fingerprint density at radius 1 is 1.00 bits per heavy atom. The summed E-state index contributed by atoms with van der Waals surface area (Å²) in [5.41, 5.74) is 5.30. The molecule has 0 spiro atoms. The van der Waals surface area contributed by atoms with Crippen molar-refractivity contribution < 1.29 is 55.2 Å². The topological polar surface area (TPSA) is 299 Å². The zero-order chi connectivity index (χ0) is 32.1. The van der Waals surface area contributed by atoms with E-state index in [2.05, 4.69) is 37.6 Å². The maximum atomic E-state index is 12.3. The number of ether oxygens (including phenoxy) is 1. The largest absolute Gasteiger partial charge is 0.756 e. The van der Waals surface area contributed by atoms with Crippen molar-refractivity contribution >= 4 is 51.7 Å². The molecule has 0 bridgehead atoms. The van der Waals surface area contributed by atoms with Crippen LogP contribution in [-0.2, 0) is 31.6 Å². The number of fused-ring (bicyclic) bond motifs is 3. The fourth-order valence-electron chi connectivity index (χ4n) is 4.41. The van der Waals surface area contributed by atoms with Gasteiger partial charge in [-0.3, -0.25) is 32.8 Å². The fraction of sp³-hybridized carbons (Fsp3) is 0.227. The molecule has 23 heteroatoms. The highest BCUT2D eigenvalue weighted by Gasteiger charge is 2.32. The summed E-state index contributed by atoms with van der Waals surface area (Å²) in [4.78, 5) is 74.7. The van der Waals surface area contributed by atoms with Gasteiger partial charge in [0.05, 0.1) is 19.0 Å². The second-order valence-corrected chi connectivity index (χ2v) is 13.9. The average molecular weight is 683 g/mol. The first-order valence-electron chi connectivity index (χ1n) is 12.6. The van der Waals surface area contributed by atoms with Crippen molar-refractivity contribution in [2.75, 3.05) is 12.3 Å². The molecular formula is C22H18N6O14P3-3. The molecule has 2 aliphatic heterocycles. The Bertz CT molecular complexity index is 2170. The number of hydrogen-bond acceptors (Lipinski definition) is 18. The summed E-state index contributed by atoms with van der Waals surface area (Å²) >= 11 is 0. The predicted molar refractivity (Wildman–Crippen MR) is 144 cm³/mol. The maximum absolute atomic E-state index is 12.3. The number of nitrogens with one attached hydrogen (secondary N) is 1. The first-order chi connectivity index (χ1) is 21.2. The Morgan fingerprint density at radius 3 is 2.58 bits per heavy atom. The standard InChI is InChI=1S/C22H21N6O14P3/c23-22-26-20-19(21(30)27-22)24-10-28(20)18-6-3-13(38-18)9-37-43(31,32)41-45(35,36)42-44(33,34)40-12-2-5-15-17(8-12)39-16-7-11(29)1-4-14(16)25-15/h1-2,4-5,7-8,10,13,18H,3,6,9H2,(H,31,32)(H,33,34)(H,35,36)(H3,23,26,27,30)/p-3/t13-,18+/m0/s1. The number of aromatic amines is 1. The summed E-state index contributed by atoms with van der Waals surface area (Å²) in [6.45, 7) is -0.720. The summed E-state index contributed by atoms with van der Waals surface area (Å²) in [5, 5.41) is 0. The van der Waals surface area contributed by atoms with Gasteiger partial charge in [0, 0.05) is 12.1 Å². The van der Waals surface area contributed by atoms with E-state index >= 15 is 0 Å². The smallest absolute Gasteiger partial charge is 0.326 e. The molecule has 20 nitrogen and oxygen atoms in total. The summed E-state index contributed by atoms with van der Waals surface area (Å²) < 4.78 is 66.3. The SMILES string of the molecule is Nc1nc2c(ncn2[C@H]2CC[C@@H](COP(=O)([O-])OP(=O)([O-])OP(=O)([O-])Oc3ccc4nc5ccc(=O)cc-5oc4c3)O2)c(=O)[nH]1. The van der Waals surface area contributed by atoms with Gasteiger partial charge in [-0.25, -0.2) is 18.6 Å². The van der Waals surface area contributed by atoms with Gasteiger partial charge < -0.3 is 38.6 Å². The fourth-order valence-corrected chi connectivity index (χ4v) is 7.80. The van der Waals surface area contributed by atoms with Crippen LogP contribution in [0.3, 0.4) is 0 Å². The maximum Gasteiger partial charge on any atom is 0.326 e. The number of phosphoric acid groups is 3. The molecule has 0 radical (unpaired) electrons. The molecule has 3 aliphatic rings. The number of nitrogens with two attached hydrogens (primary N) is 1. The molecule has 0 amide bonds. The number of aromatic nitrogens is 5. The summed E-state index contributed by atoms with van der Waals surface area (Å²) in [7, 11) is -17.7. The molecule has 3 aromatic rings. The third-order valence-electron chi connectivity index (χ3n) is 6.21. The van der Waals surface area contributed by atoms with Crippen LogP contribution >= 0.6 is 23.5 Å². The summed E-state index contributed by atoms with van der Waals surface area (Å²) in [6.07, 6.45) is 0.156. The van der Waals surface area contributed by atoms with Crippen LogP contribution in [0.1, 0.15) is 19.1 Å². The van der Waals surface area contributed by atoms with Crippen molar-refractivity contribution in [1.82, 2.24) is 24.5 Å². The van der Waals surface area contributed by atoms with Crippen molar-refractivity contribution in [3.63, 3.8) is 0 Å². The van der Waals surface area contributed by atoms with Gasteiger partial charge in [-0.15, -0.1) is 0 Å². The van der Waals surface area contributed by atoms with Crippen molar-refractivity contribution in [3.8, 4) is 17.2 Å². The van der Waals surface area contributed by atoms with E-state index in [0.29, 0.717) is 12.1 Å². The van der Waals surface area contributed by atoms with E-state index in [-0.39, 0.29) is 45.8 Å². The normalized spacial score (nSPS) is 21.0. The van der Waals surface area contributed by atoms with E-state index in [9.17, 15) is 38.0 Å². The monoisotopic (exact) mass is 683 g/mol. The Hall–Kier alpha value is -3.80. The minimum absolute atomic E-state index is 0.00374. The van der Waals surface area contributed by atoms with E-state index in [0.717, 1.165) is 18.2 Å². The second kappa shape index (κ2) is 11.5. The van der Waals surface area contributed by atoms with Gasteiger partial charge in [-0.1, -0.05) is 0 Å². The lowest BCUT2D eigenvalue weighted by molar-refractivity contribution is -0.249. The zero-order valence-corrected chi connectivity index (χ0v) is 24.9. The number of rotatable bonds is 10. The van der Waals surface area contributed by atoms with Crippen molar-refractivity contribution in [1.29, 1.82) is 0 Å². The first kappa shape index (κ1) is 31.2. The Labute approximate surface area is 249 Å². The molecule has 3 unspecified atom stereocenters. The molecular weight excluding hydrogens is 665 g/mol. The number of nitrogen functional groups attached to an aromatic ring is 1. The van der Waals surface area contributed by atoms with Crippen LogP contribution in [0.25, 0.3) is 33.7 Å². The molecule has 5 atom stereocenters. The quantitative estimate of drug-likeness (QED) is 0.150. The lowest BCUT2D eigenvalue weighted by Gasteiger charge is -2.34. The molecule has 2 aromatic heterocycles. The zero-order valence-electron chi connectivity index (χ0n) is 22.2. The van der Waals surface area contributed by atoms with Gasteiger partial charge in [0.2, 0.25) is 5.95 Å². The lowest BCUT2D eigenvalue weighted by Crippen LogP contribution is -2.21. The van der Waals surface area contributed by atoms with Crippen molar-refractivity contribution in [3.05, 3.63) is 63.3 Å². The Kier molecular flexibility index (Phi) is 7.99. The van der Waals surface area contributed by atoms with Crippen molar-refractivity contribution in [2.24, 2.45) is 0 Å². The van der Waals surface area contributed by atoms with Crippen LogP contribution < -0.4 is 35.9 Å². The van der Waals surface area contributed by atoms with Crippen molar-refractivity contribution in [2.45, 2.75) is 25.2 Å². The molecule has 1 saturated heterocycles. The average Bonchev–Trinajstić information content (AvgIpc) is 3.56. The molecule has 238 valence electrons. The number of anilines is 1. The number of imidazole rings is 1. The first-order valence-corrected chi connectivity index (χ1v) is 17.0. The molecule has 6 rings (SSSR count). The van der Waals surface area contributed by atoms with Gasteiger partial charge in [-0.05, 0) is 37.1 Å². The van der Waals surface area contributed by atoms with Gasteiger partial charge in [0.15, 0.2) is 27.9 Å². The lowest BCUT2D eigenvalue weighted by atomic mass is 10.2. The van der Waals surface area contributed by atoms with E-state index < -0.39 is 53.7 Å². The minimum Gasteiger partial charge on any atom is -0.756 e. The Morgan fingerprint density at radius 2 is 1.78 bits per heavy atom. The molecule has 1 fully saturated rings. The highest BCUT2D eigenvalue weighted by Crippen LogP contribution is 2.62. The van der Waals surface area contributed by atoms with Gasteiger partial charge in [0.25, 0.3) is 21.2 Å². The van der Waals surface area contributed by atoms with E-state index in [1.807, 2.05) is 0 Å². The van der Waals surface area contributed by atoms with E-state index in [4.69, 9.17) is 14.9 Å². The third-order valence-corrected chi connectivity index (χ3v) is 10.3. The van der Waals surface area contributed by atoms with Crippen LogP contribution in [0.2, 0.25) is 0 Å². The highest BCUT2D eigenvalue weighted by atomic mass is 31.3. The van der Waals surface area contributed by atoms with Gasteiger partial charge in [0.1, 0.15) is 23.2 Å². The molecule has 1 aliphatic carbocycles. The van der Waals surface area contributed by atoms with E-state index in [1.165, 1.54) is 29.1 Å². The third kappa shape index (κ3) is 7.05. The Balaban J connectivity index is 1.06. The number of phosphoric ester groups is 2. The molecule has 4 heterocycles. The predicted octanol–water partition coefficient (Wildman–Crippen LogP) is 0.520. The van der Waals surface area contributed by atoms with Gasteiger partial charge in [-0.2, -0.15) is 4.98 Å². The molecule has 45 heavy (non-hydrogen) atoms. The summed E-state index contributed by atoms with van der Waals surface area (Å²) in [5.74, 6) is -0.566. The second-order valence-electron chi connectivity index (χ2n) is 9.43. The minimum atomic E-state index is -6.14. The van der Waals surface area contributed by atoms with Crippen LogP contribution in [-0.4, -0.2) is 37.2 Å². The number of H-pyrrole nitrogens is 1. The van der Waals surface area contributed by atoms with Crippen LogP contribution in [0.5, 0.6) is 5.75 Å². The number of hydrogen-bond donors (Lipinski definition) is 2.